The van der Waals surface area contributed by atoms with Gasteiger partial charge in [-0.05, 0) is 80.0 Å². The number of anilines is 1. The predicted octanol–water partition coefficient (Wildman–Crippen LogP) is 4.92. The van der Waals surface area contributed by atoms with E-state index in [0.29, 0.717) is 26.4 Å². The molecular formula is C31H35N3O5. The number of benzene rings is 2. The third-order valence-electron chi connectivity index (χ3n) is 8.98. The van der Waals surface area contributed by atoms with Crippen LogP contribution in [0.3, 0.4) is 0 Å². The van der Waals surface area contributed by atoms with E-state index >= 15 is 0 Å². The molecule has 2 bridgehead atoms. The summed E-state index contributed by atoms with van der Waals surface area (Å²) in [6.45, 7) is 2.40. The van der Waals surface area contributed by atoms with Gasteiger partial charge in [-0.15, -0.1) is 0 Å². The summed E-state index contributed by atoms with van der Waals surface area (Å²) in [5.74, 6) is -0.953. The molecule has 3 saturated heterocycles. The van der Waals surface area contributed by atoms with Gasteiger partial charge >= 0.3 is 5.97 Å². The summed E-state index contributed by atoms with van der Waals surface area (Å²) in [6.07, 6.45) is 9.83. The van der Waals surface area contributed by atoms with Crippen molar-refractivity contribution in [3.63, 3.8) is 0 Å². The number of carboxylic acid groups (broad SMARTS) is 1. The van der Waals surface area contributed by atoms with Gasteiger partial charge in [0.15, 0.2) is 0 Å². The first-order chi connectivity index (χ1) is 18.9. The highest BCUT2D eigenvalue weighted by atomic mass is 16.5. The van der Waals surface area contributed by atoms with E-state index in [4.69, 9.17) is 14.6 Å². The lowest BCUT2D eigenvalue weighted by Gasteiger charge is -2.54. The van der Waals surface area contributed by atoms with Crippen LogP contribution in [0.2, 0.25) is 0 Å². The van der Waals surface area contributed by atoms with Crippen LogP contribution in [0.1, 0.15) is 49.7 Å². The molecule has 1 aromatic heterocycles. The van der Waals surface area contributed by atoms with E-state index in [0.717, 1.165) is 66.8 Å². The lowest BCUT2D eigenvalue weighted by Crippen LogP contribution is -2.55. The van der Waals surface area contributed by atoms with E-state index < -0.39 is 5.97 Å². The van der Waals surface area contributed by atoms with Crippen LogP contribution in [0, 0.1) is 11.3 Å². The van der Waals surface area contributed by atoms with Crippen LogP contribution in [-0.4, -0.2) is 53.1 Å². The summed E-state index contributed by atoms with van der Waals surface area (Å²) in [5.41, 5.74) is 3.48. The molecule has 3 aliphatic heterocycles. The quantitative estimate of drug-likeness (QED) is 0.437. The summed E-state index contributed by atoms with van der Waals surface area (Å²) in [5, 5.41) is 14.6. The summed E-state index contributed by atoms with van der Waals surface area (Å²) in [4.78, 5) is 27.0. The second-order valence-electron chi connectivity index (χ2n) is 11.4. The minimum atomic E-state index is -0.998. The fourth-order valence-electron chi connectivity index (χ4n) is 6.55. The molecule has 2 aromatic carbocycles. The second-order valence-corrected chi connectivity index (χ2v) is 11.4. The number of carbonyl (C=O) groups is 2. The number of ether oxygens (including phenoxy) is 2. The van der Waals surface area contributed by atoms with Crippen molar-refractivity contribution in [3.8, 4) is 0 Å². The maximum absolute atomic E-state index is 13.9. The highest BCUT2D eigenvalue weighted by molar-refractivity contribution is 5.95. The zero-order valence-electron chi connectivity index (χ0n) is 22.3. The molecule has 1 aliphatic carbocycles. The number of aryl methyl sites for hydroxylation is 1. The fourth-order valence-corrected chi connectivity index (χ4v) is 6.55. The summed E-state index contributed by atoms with van der Waals surface area (Å²) in [6, 6.07) is 14.1. The number of hydrogen-bond acceptors (Lipinski definition) is 5. The Bertz CT molecular complexity index is 1400. The molecular weight excluding hydrogens is 494 g/mol. The van der Waals surface area contributed by atoms with Gasteiger partial charge in [-0.1, -0.05) is 18.2 Å². The molecule has 0 spiro atoms. The van der Waals surface area contributed by atoms with Crippen LogP contribution >= 0.6 is 0 Å². The van der Waals surface area contributed by atoms with Crippen LogP contribution in [-0.2, 0) is 31.7 Å². The van der Waals surface area contributed by atoms with E-state index in [-0.39, 0.29) is 22.8 Å². The molecule has 8 heteroatoms. The molecule has 8 nitrogen and oxygen atoms in total. The van der Waals surface area contributed by atoms with Crippen LogP contribution in [0.4, 0.5) is 5.69 Å². The van der Waals surface area contributed by atoms with Gasteiger partial charge in [0.1, 0.15) is 0 Å². The van der Waals surface area contributed by atoms with Gasteiger partial charge in [0, 0.05) is 55.3 Å². The van der Waals surface area contributed by atoms with Gasteiger partial charge in [-0.25, -0.2) is 4.79 Å². The Balaban J connectivity index is 1.25. The monoisotopic (exact) mass is 529 g/mol. The molecule has 0 unspecified atom stereocenters. The van der Waals surface area contributed by atoms with Crippen LogP contribution < -0.4 is 4.90 Å². The van der Waals surface area contributed by atoms with Gasteiger partial charge in [-0.3, -0.25) is 9.48 Å². The predicted molar refractivity (Wildman–Crippen MR) is 148 cm³/mol. The first kappa shape index (κ1) is 25.8. The van der Waals surface area contributed by atoms with Crippen molar-refractivity contribution in [2.75, 3.05) is 31.3 Å². The third-order valence-corrected chi connectivity index (χ3v) is 8.98. The lowest BCUT2D eigenvalue weighted by atomic mass is 9.64. The maximum atomic E-state index is 13.9. The fraction of sp³-hybridized carbons (Fsp3) is 0.452. The topological polar surface area (TPSA) is 93.9 Å². The van der Waals surface area contributed by atoms with Crippen LogP contribution in [0.5, 0.6) is 0 Å². The van der Waals surface area contributed by atoms with Crippen molar-refractivity contribution in [2.24, 2.45) is 18.4 Å². The molecule has 1 amide bonds. The molecule has 1 saturated carbocycles. The minimum absolute atomic E-state index is 0.0771. The number of nitrogens with zero attached hydrogens (tertiary/aromatic N) is 3. The molecule has 4 fully saturated rings. The van der Waals surface area contributed by atoms with Gasteiger partial charge in [-0.2, -0.15) is 5.10 Å². The first-order valence-electron chi connectivity index (χ1n) is 13.8. The summed E-state index contributed by atoms with van der Waals surface area (Å²) >= 11 is 0. The normalized spacial score (nSPS) is 25.4. The number of carboxylic acids is 1. The molecule has 4 heterocycles. The van der Waals surface area contributed by atoms with Crippen molar-refractivity contribution in [3.05, 3.63) is 65.9 Å². The Morgan fingerprint density at radius 3 is 2.64 bits per heavy atom. The largest absolute Gasteiger partial charge is 0.478 e. The van der Waals surface area contributed by atoms with Crippen LogP contribution in [0.25, 0.3) is 17.0 Å². The minimum Gasteiger partial charge on any atom is -0.478 e. The molecule has 7 rings (SSSR count). The van der Waals surface area contributed by atoms with Crippen molar-refractivity contribution in [2.45, 2.75) is 44.1 Å². The average Bonchev–Trinajstić information content (AvgIpc) is 3.36. The highest BCUT2D eigenvalue weighted by Gasteiger charge is 2.52. The van der Waals surface area contributed by atoms with Crippen molar-refractivity contribution in [1.29, 1.82) is 0 Å². The number of carbonyl (C=O) groups excluding carboxylic acids is 1. The SMILES string of the molecule is Cn1ncc2cc(C34CCC(CN(C(=O)C5CCOCC5)c5cccc(C=CC(=O)O)c5)(CC3)CO4)ccc21. The average molecular weight is 530 g/mol. The zero-order valence-corrected chi connectivity index (χ0v) is 22.3. The Labute approximate surface area is 228 Å². The Morgan fingerprint density at radius 1 is 1.13 bits per heavy atom. The highest BCUT2D eigenvalue weighted by Crippen LogP contribution is 2.54. The van der Waals surface area contributed by atoms with Gasteiger partial charge in [0.2, 0.25) is 5.91 Å². The summed E-state index contributed by atoms with van der Waals surface area (Å²) in [7, 11) is 1.96. The number of aromatic nitrogens is 2. The number of aliphatic carboxylic acids is 1. The van der Waals surface area contributed by atoms with E-state index in [2.05, 4.69) is 23.3 Å². The Hall–Kier alpha value is -3.49. The number of rotatable bonds is 7. The standard InChI is InChI=1S/C31H35N3O5/c1-33-27-7-6-25(18-24(27)19-32-33)31-13-11-30(12-14-31,21-39-31)20-34(29(37)23-9-15-38-16-10-23)26-4-2-3-22(17-26)5-8-28(35)36/h2-8,17-19,23H,9-16,20-21H2,1H3,(H,35,36). The molecule has 39 heavy (non-hydrogen) atoms. The third kappa shape index (κ3) is 4.99. The number of amides is 1. The zero-order chi connectivity index (χ0) is 27.0. The molecule has 0 atom stereocenters. The Morgan fingerprint density at radius 2 is 1.92 bits per heavy atom. The van der Waals surface area contributed by atoms with Gasteiger partial charge in [0.25, 0.3) is 0 Å². The van der Waals surface area contributed by atoms with Gasteiger partial charge in [0.05, 0.1) is 23.9 Å². The molecule has 1 N–H and O–H groups in total. The van der Waals surface area contributed by atoms with E-state index in [1.54, 1.807) is 6.08 Å². The van der Waals surface area contributed by atoms with E-state index in [1.165, 1.54) is 5.56 Å². The van der Waals surface area contributed by atoms with Crippen LogP contribution in [0.15, 0.2) is 54.7 Å². The smallest absolute Gasteiger partial charge is 0.328 e. The molecule has 0 radical (unpaired) electrons. The summed E-state index contributed by atoms with van der Waals surface area (Å²) < 4.78 is 14.1. The molecule has 4 aliphatic rings. The Kier molecular flexibility index (Phi) is 6.77. The second kappa shape index (κ2) is 10.2. The number of fused-ring (bicyclic) bond motifs is 4. The molecule has 204 valence electrons. The van der Waals surface area contributed by atoms with E-state index in [1.807, 2.05) is 47.1 Å². The van der Waals surface area contributed by atoms with Crippen molar-refractivity contribution >= 4 is 34.5 Å². The molecule has 3 aromatic rings. The van der Waals surface area contributed by atoms with Gasteiger partial charge < -0.3 is 19.5 Å². The lowest BCUT2D eigenvalue weighted by molar-refractivity contribution is -0.186. The van der Waals surface area contributed by atoms with Crippen molar-refractivity contribution in [1.82, 2.24) is 9.78 Å². The van der Waals surface area contributed by atoms with E-state index in [9.17, 15) is 9.59 Å². The van der Waals surface area contributed by atoms with Crippen molar-refractivity contribution < 1.29 is 24.2 Å². The maximum Gasteiger partial charge on any atom is 0.328 e. The number of hydrogen-bond donors (Lipinski definition) is 1. The first-order valence-corrected chi connectivity index (χ1v) is 13.8.